The molecular formula is C16H19ClFN3O2. The smallest absolute Gasteiger partial charge is 0.225 e. The van der Waals surface area contributed by atoms with Crippen LogP contribution in [0.15, 0.2) is 18.2 Å². The molecule has 2 fully saturated rings. The highest BCUT2D eigenvalue weighted by Crippen LogP contribution is 2.27. The summed E-state index contributed by atoms with van der Waals surface area (Å²) in [4.78, 5) is 27.6. The van der Waals surface area contributed by atoms with E-state index in [1.54, 1.807) is 18.0 Å². The number of carbonyl (C=O) groups excluding carboxylic acids is 2. The number of nitrogens with one attached hydrogen (secondary N) is 1. The predicted octanol–water partition coefficient (Wildman–Crippen LogP) is 1.26. The molecule has 1 unspecified atom stereocenters. The lowest BCUT2D eigenvalue weighted by atomic mass is 10.1. The second-order valence-electron chi connectivity index (χ2n) is 6.15. The van der Waals surface area contributed by atoms with Gasteiger partial charge >= 0.3 is 0 Å². The first-order valence-electron chi connectivity index (χ1n) is 7.65. The fourth-order valence-electron chi connectivity index (χ4n) is 3.24. The summed E-state index contributed by atoms with van der Waals surface area (Å²) in [6, 6.07) is 4.64. The minimum atomic E-state index is -0.269. The number of likely N-dealkylation sites (tertiary alicyclic amines) is 2. The zero-order valence-electron chi connectivity index (χ0n) is 12.9. The Morgan fingerprint density at radius 3 is 2.83 bits per heavy atom. The van der Waals surface area contributed by atoms with E-state index in [1.807, 2.05) is 0 Å². The van der Waals surface area contributed by atoms with E-state index in [0.717, 1.165) is 0 Å². The zero-order valence-corrected chi connectivity index (χ0v) is 13.6. The Balaban J connectivity index is 1.54. The van der Waals surface area contributed by atoms with E-state index in [2.05, 4.69) is 10.2 Å². The molecular weight excluding hydrogens is 321 g/mol. The molecule has 0 radical (unpaired) electrons. The van der Waals surface area contributed by atoms with Gasteiger partial charge in [-0.1, -0.05) is 11.6 Å². The molecule has 5 nitrogen and oxygen atoms in total. The summed E-state index contributed by atoms with van der Waals surface area (Å²) in [5, 5.41) is 3.11. The molecule has 2 saturated heterocycles. The van der Waals surface area contributed by atoms with E-state index in [4.69, 9.17) is 11.6 Å². The summed E-state index contributed by atoms with van der Waals surface area (Å²) in [5.74, 6) is -0.586. The van der Waals surface area contributed by atoms with Crippen molar-refractivity contribution in [3.8, 4) is 0 Å². The number of halogens is 2. The van der Waals surface area contributed by atoms with Crippen LogP contribution in [0, 0.1) is 11.7 Å². The molecule has 1 atom stereocenters. The number of hydrogen-bond donors (Lipinski definition) is 1. The molecule has 2 heterocycles. The van der Waals surface area contributed by atoms with Crippen molar-refractivity contribution in [1.29, 1.82) is 0 Å². The molecule has 2 aliphatic heterocycles. The van der Waals surface area contributed by atoms with Crippen molar-refractivity contribution >= 4 is 23.4 Å². The number of benzene rings is 1. The summed E-state index contributed by atoms with van der Waals surface area (Å²) < 4.78 is 13.7. The summed E-state index contributed by atoms with van der Waals surface area (Å²) in [6.45, 7) is 2.34. The van der Waals surface area contributed by atoms with E-state index in [0.29, 0.717) is 36.8 Å². The van der Waals surface area contributed by atoms with E-state index in [1.165, 1.54) is 12.1 Å². The van der Waals surface area contributed by atoms with Crippen molar-refractivity contribution in [2.24, 2.45) is 5.92 Å². The monoisotopic (exact) mass is 339 g/mol. The van der Waals surface area contributed by atoms with Crippen LogP contribution in [0.1, 0.15) is 12.0 Å². The van der Waals surface area contributed by atoms with Crippen molar-refractivity contribution in [3.05, 3.63) is 34.6 Å². The number of rotatable bonds is 4. The van der Waals surface area contributed by atoms with E-state index in [9.17, 15) is 14.0 Å². The Morgan fingerprint density at radius 2 is 2.13 bits per heavy atom. The van der Waals surface area contributed by atoms with Crippen molar-refractivity contribution in [2.75, 3.05) is 26.7 Å². The Hall–Kier alpha value is -1.66. The first-order chi connectivity index (χ1) is 11.0. The molecule has 0 aliphatic carbocycles. The van der Waals surface area contributed by atoms with Gasteiger partial charge in [-0.15, -0.1) is 0 Å². The molecule has 2 aliphatic rings. The second-order valence-corrected chi connectivity index (χ2v) is 6.58. The number of carbonyl (C=O) groups is 2. The van der Waals surface area contributed by atoms with Gasteiger partial charge in [0.2, 0.25) is 11.8 Å². The average molecular weight is 340 g/mol. The second kappa shape index (κ2) is 6.45. The van der Waals surface area contributed by atoms with Crippen LogP contribution in [0.5, 0.6) is 0 Å². The minimum absolute atomic E-state index is 0.0252. The van der Waals surface area contributed by atoms with Crippen LogP contribution in [0.25, 0.3) is 0 Å². The minimum Gasteiger partial charge on any atom is -0.359 e. The Labute approximate surface area is 139 Å². The Bertz CT molecular complexity index is 634. The molecule has 0 bridgehead atoms. The molecule has 2 amide bonds. The molecule has 7 heteroatoms. The summed E-state index contributed by atoms with van der Waals surface area (Å²) in [5.41, 5.74) is 0.562. The fraction of sp³-hybridized carbons (Fsp3) is 0.500. The maximum Gasteiger partial charge on any atom is 0.225 e. The van der Waals surface area contributed by atoms with E-state index < -0.39 is 0 Å². The van der Waals surface area contributed by atoms with Gasteiger partial charge < -0.3 is 10.2 Å². The zero-order chi connectivity index (χ0) is 16.6. The van der Waals surface area contributed by atoms with Gasteiger partial charge in [0.25, 0.3) is 0 Å². The highest BCUT2D eigenvalue weighted by Gasteiger charge is 2.41. The van der Waals surface area contributed by atoms with E-state index >= 15 is 0 Å². The summed E-state index contributed by atoms with van der Waals surface area (Å²) >= 11 is 5.90. The van der Waals surface area contributed by atoms with Gasteiger partial charge in [0, 0.05) is 50.2 Å². The van der Waals surface area contributed by atoms with Crippen molar-refractivity contribution in [2.45, 2.75) is 19.0 Å². The van der Waals surface area contributed by atoms with Gasteiger partial charge in [-0.05, 0) is 18.2 Å². The SMILES string of the molecule is CNC(=O)C1CC(=O)N(C2CN(Cc3cc(Cl)ccc3F)C2)C1. The topological polar surface area (TPSA) is 52.7 Å². The molecule has 0 spiro atoms. The maximum atomic E-state index is 13.7. The predicted molar refractivity (Wildman–Crippen MR) is 84.4 cm³/mol. The van der Waals surface area contributed by atoms with Gasteiger partial charge in [0.15, 0.2) is 0 Å². The van der Waals surface area contributed by atoms with Crippen molar-refractivity contribution < 1.29 is 14.0 Å². The van der Waals surface area contributed by atoms with Gasteiger partial charge in [0.1, 0.15) is 5.82 Å². The fourth-order valence-corrected chi connectivity index (χ4v) is 3.43. The quantitative estimate of drug-likeness (QED) is 0.898. The molecule has 0 saturated carbocycles. The number of nitrogens with zero attached hydrogens (tertiary/aromatic N) is 2. The molecule has 23 heavy (non-hydrogen) atoms. The van der Waals surface area contributed by atoms with E-state index in [-0.39, 0.29) is 36.0 Å². The molecule has 124 valence electrons. The molecule has 0 aromatic heterocycles. The Kier molecular flexibility index (Phi) is 4.55. The molecule has 1 aromatic rings. The van der Waals surface area contributed by atoms with Crippen LogP contribution in [-0.4, -0.2) is 54.3 Å². The van der Waals surface area contributed by atoms with Gasteiger partial charge in [-0.2, -0.15) is 0 Å². The van der Waals surface area contributed by atoms with Gasteiger partial charge in [-0.25, -0.2) is 4.39 Å². The summed E-state index contributed by atoms with van der Waals surface area (Å²) in [6.07, 6.45) is 0.277. The molecule has 3 rings (SSSR count). The lowest BCUT2D eigenvalue weighted by Gasteiger charge is -2.44. The average Bonchev–Trinajstić information content (AvgIpc) is 2.86. The van der Waals surface area contributed by atoms with Crippen LogP contribution in [0.2, 0.25) is 5.02 Å². The standard InChI is InChI=1S/C16H19ClFN3O2/c1-19-16(23)11-5-15(22)21(7-11)13-8-20(9-13)6-10-4-12(17)2-3-14(10)18/h2-4,11,13H,5-9H2,1H3,(H,19,23). The third-order valence-electron chi connectivity index (χ3n) is 4.56. The Morgan fingerprint density at radius 1 is 1.39 bits per heavy atom. The highest BCUT2D eigenvalue weighted by molar-refractivity contribution is 6.30. The van der Waals surface area contributed by atoms with Gasteiger partial charge in [-0.3, -0.25) is 14.5 Å². The first kappa shape index (κ1) is 16.2. The third-order valence-corrected chi connectivity index (χ3v) is 4.79. The highest BCUT2D eigenvalue weighted by atomic mass is 35.5. The summed E-state index contributed by atoms with van der Waals surface area (Å²) in [7, 11) is 1.58. The lowest BCUT2D eigenvalue weighted by Crippen LogP contribution is -2.59. The van der Waals surface area contributed by atoms with Crippen LogP contribution < -0.4 is 5.32 Å². The van der Waals surface area contributed by atoms with Crippen LogP contribution in [0.3, 0.4) is 0 Å². The molecule has 1 aromatic carbocycles. The first-order valence-corrected chi connectivity index (χ1v) is 8.03. The normalized spacial score (nSPS) is 22.3. The number of amides is 2. The third kappa shape index (κ3) is 3.33. The van der Waals surface area contributed by atoms with Gasteiger partial charge in [0.05, 0.1) is 12.0 Å². The van der Waals surface area contributed by atoms with Crippen LogP contribution in [-0.2, 0) is 16.1 Å². The van der Waals surface area contributed by atoms with Crippen molar-refractivity contribution in [1.82, 2.24) is 15.1 Å². The van der Waals surface area contributed by atoms with Crippen LogP contribution >= 0.6 is 11.6 Å². The number of hydrogen-bond acceptors (Lipinski definition) is 3. The maximum absolute atomic E-state index is 13.7. The lowest BCUT2D eigenvalue weighted by molar-refractivity contribution is -0.133. The van der Waals surface area contributed by atoms with Crippen LogP contribution in [0.4, 0.5) is 4.39 Å². The van der Waals surface area contributed by atoms with Crippen molar-refractivity contribution in [3.63, 3.8) is 0 Å². The largest absolute Gasteiger partial charge is 0.359 e. The molecule has 1 N–H and O–H groups in total.